The summed E-state index contributed by atoms with van der Waals surface area (Å²) in [5.41, 5.74) is 3.89. The number of pyridine rings is 1. The highest BCUT2D eigenvalue weighted by atomic mass is 32.1. The second kappa shape index (κ2) is 5.21. The number of fused-ring (bicyclic) bond motifs is 5. The van der Waals surface area contributed by atoms with Crippen LogP contribution in [-0.2, 0) is 17.8 Å². The molecule has 0 saturated carbocycles. The zero-order valence-corrected chi connectivity index (χ0v) is 15.7. The van der Waals surface area contributed by atoms with Crippen LogP contribution >= 0.6 is 23.6 Å². The number of aromatic nitrogens is 3. The Kier molecular flexibility index (Phi) is 3.46. The van der Waals surface area contributed by atoms with Gasteiger partial charge < -0.3 is 9.72 Å². The molecule has 24 heavy (non-hydrogen) atoms. The molecular weight excluding hydrogens is 342 g/mol. The highest BCUT2D eigenvalue weighted by Gasteiger charge is 2.32. The summed E-state index contributed by atoms with van der Waals surface area (Å²) >= 11 is 6.60. The molecule has 1 aliphatic heterocycles. The van der Waals surface area contributed by atoms with Gasteiger partial charge >= 0.3 is 0 Å². The van der Waals surface area contributed by atoms with Gasteiger partial charge in [-0.3, -0.25) is 9.78 Å². The van der Waals surface area contributed by atoms with Crippen LogP contribution in [0.4, 0.5) is 0 Å². The zero-order chi connectivity index (χ0) is 17.2. The van der Waals surface area contributed by atoms with Gasteiger partial charge in [-0.15, -0.1) is 11.3 Å². The molecule has 126 valence electrons. The molecule has 2 N–H and O–H groups in total. The van der Waals surface area contributed by atoms with Crippen molar-refractivity contribution in [2.24, 2.45) is 0 Å². The van der Waals surface area contributed by atoms with Crippen molar-refractivity contribution in [1.82, 2.24) is 15.0 Å². The van der Waals surface area contributed by atoms with E-state index in [0.29, 0.717) is 22.0 Å². The number of nitrogens with one attached hydrogen (secondary N) is 2. The van der Waals surface area contributed by atoms with Crippen molar-refractivity contribution in [3.8, 4) is 0 Å². The summed E-state index contributed by atoms with van der Waals surface area (Å²) < 4.78 is 7.03. The Bertz CT molecular complexity index is 1090. The molecule has 4 heterocycles. The minimum atomic E-state index is -0.234. The molecule has 0 unspecified atom stereocenters. The summed E-state index contributed by atoms with van der Waals surface area (Å²) in [4.78, 5) is 23.9. The van der Waals surface area contributed by atoms with Crippen molar-refractivity contribution in [2.45, 2.75) is 52.2 Å². The van der Waals surface area contributed by atoms with Crippen LogP contribution in [0.1, 0.15) is 50.4 Å². The van der Waals surface area contributed by atoms with Crippen LogP contribution in [-0.4, -0.2) is 20.6 Å². The second-order valence-electron chi connectivity index (χ2n) is 7.23. The third-order valence-electron chi connectivity index (χ3n) is 4.52. The smallest absolute Gasteiger partial charge is 0.269 e. The Labute approximate surface area is 148 Å². The molecule has 0 atom stereocenters. The number of aromatic amines is 2. The van der Waals surface area contributed by atoms with Crippen LogP contribution in [0, 0.1) is 4.77 Å². The summed E-state index contributed by atoms with van der Waals surface area (Å²) in [5, 5.41) is 1.03. The maximum Gasteiger partial charge on any atom is 0.269 e. The molecule has 7 heteroatoms. The van der Waals surface area contributed by atoms with E-state index < -0.39 is 0 Å². The number of hydrogen-bond acceptors (Lipinski definition) is 5. The highest BCUT2D eigenvalue weighted by molar-refractivity contribution is 7.71. The summed E-state index contributed by atoms with van der Waals surface area (Å²) in [6.45, 7) is 9.03. The maximum atomic E-state index is 12.3. The van der Waals surface area contributed by atoms with Gasteiger partial charge in [0, 0.05) is 17.4 Å². The van der Waals surface area contributed by atoms with E-state index in [0.717, 1.165) is 33.4 Å². The molecule has 0 bridgehead atoms. The maximum absolute atomic E-state index is 12.3. The first-order valence-corrected chi connectivity index (χ1v) is 9.24. The minimum absolute atomic E-state index is 0.150. The Morgan fingerprint density at radius 1 is 1.29 bits per heavy atom. The SMILES string of the molecule is CC(C)c1nc2sc3c(=O)[nH]c(=S)[nH]c3c2c2c1COC(C)(C)C2. The fourth-order valence-corrected chi connectivity index (χ4v) is 4.68. The van der Waals surface area contributed by atoms with Crippen LogP contribution in [0.2, 0.25) is 0 Å². The van der Waals surface area contributed by atoms with Gasteiger partial charge in [0.25, 0.3) is 5.56 Å². The lowest BCUT2D eigenvalue weighted by Gasteiger charge is -2.33. The molecule has 0 aromatic carbocycles. The molecule has 0 fully saturated rings. The molecule has 3 aromatic rings. The normalized spacial score (nSPS) is 16.9. The molecule has 0 aliphatic carbocycles. The molecule has 3 aromatic heterocycles. The van der Waals surface area contributed by atoms with Crippen LogP contribution in [0.15, 0.2) is 4.79 Å². The van der Waals surface area contributed by atoms with Crippen molar-refractivity contribution in [3.05, 3.63) is 31.9 Å². The molecule has 0 radical (unpaired) electrons. The van der Waals surface area contributed by atoms with E-state index in [4.69, 9.17) is 21.9 Å². The fraction of sp³-hybridized carbons (Fsp3) is 0.471. The number of nitrogens with zero attached hydrogens (tertiary/aromatic N) is 1. The molecule has 5 nitrogen and oxygen atoms in total. The average Bonchev–Trinajstić information content (AvgIpc) is 2.84. The zero-order valence-electron chi connectivity index (χ0n) is 14.1. The van der Waals surface area contributed by atoms with E-state index in [1.54, 1.807) is 0 Å². The molecular formula is C17H19N3O2S2. The summed E-state index contributed by atoms with van der Waals surface area (Å²) in [5.74, 6) is 0.301. The third-order valence-corrected chi connectivity index (χ3v) is 5.80. The van der Waals surface area contributed by atoms with Crippen molar-refractivity contribution in [3.63, 3.8) is 0 Å². The van der Waals surface area contributed by atoms with E-state index in [-0.39, 0.29) is 11.2 Å². The summed E-state index contributed by atoms with van der Waals surface area (Å²) in [6, 6.07) is 0. The third kappa shape index (κ3) is 2.34. The molecule has 4 rings (SSSR count). The van der Waals surface area contributed by atoms with Crippen molar-refractivity contribution >= 4 is 44.0 Å². The predicted molar refractivity (Wildman–Crippen MR) is 99.6 cm³/mol. The first kappa shape index (κ1) is 15.9. The molecule has 0 spiro atoms. The first-order valence-electron chi connectivity index (χ1n) is 8.01. The number of ether oxygens (including phenoxy) is 1. The lowest BCUT2D eigenvalue weighted by atomic mass is 9.87. The monoisotopic (exact) mass is 361 g/mol. The van der Waals surface area contributed by atoms with Crippen molar-refractivity contribution < 1.29 is 4.74 Å². The van der Waals surface area contributed by atoms with Crippen molar-refractivity contribution in [2.75, 3.05) is 0 Å². The fourth-order valence-electron chi connectivity index (χ4n) is 3.42. The van der Waals surface area contributed by atoms with Crippen LogP contribution in [0.3, 0.4) is 0 Å². The minimum Gasteiger partial charge on any atom is -0.370 e. The van der Waals surface area contributed by atoms with Crippen LogP contribution < -0.4 is 5.56 Å². The van der Waals surface area contributed by atoms with E-state index in [1.165, 1.54) is 16.9 Å². The van der Waals surface area contributed by atoms with E-state index in [2.05, 4.69) is 37.7 Å². The first-order chi connectivity index (χ1) is 11.3. The number of rotatable bonds is 1. The van der Waals surface area contributed by atoms with Gasteiger partial charge in [-0.2, -0.15) is 0 Å². The van der Waals surface area contributed by atoms with E-state index in [1.807, 2.05) is 0 Å². The van der Waals surface area contributed by atoms with Gasteiger partial charge in [0.1, 0.15) is 9.53 Å². The lowest BCUT2D eigenvalue weighted by Crippen LogP contribution is -2.33. The average molecular weight is 361 g/mol. The highest BCUT2D eigenvalue weighted by Crippen LogP contribution is 2.40. The predicted octanol–water partition coefficient (Wildman–Crippen LogP) is 4.17. The number of thiophene rings is 1. The largest absolute Gasteiger partial charge is 0.370 e. The Morgan fingerprint density at radius 2 is 2.04 bits per heavy atom. The standard InChI is InChI=1S/C17H19N3O2S2/c1-7(2)11-9-6-22-17(3,4)5-8(9)10-12-13(24-15(10)18-11)14(21)20-16(23)19-12/h7H,5-6H2,1-4H3,(H2,19,20,21,23). The van der Waals surface area contributed by atoms with Gasteiger partial charge in [0.2, 0.25) is 0 Å². The van der Waals surface area contributed by atoms with Crippen LogP contribution in [0.5, 0.6) is 0 Å². The molecule has 0 amide bonds. The summed E-state index contributed by atoms with van der Waals surface area (Å²) in [7, 11) is 0. The molecule has 1 aliphatic rings. The second-order valence-corrected chi connectivity index (χ2v) is 8.64. The Hall–Kier alpha value is -1.57. The van der Waals surface area contributed by atoms with Gasteiger partial charge in [-0.05, 0) is 37.5 Å². The lowest BCUT2D eigenvalue weighted by molar-refractivity contribution is -0.0402. The Balaban J connectivity index is 2.21. The number of hydrogen-bond donors (Lipinski definition) is 2. The quantitative estimate of drug-likeness (QED) is 0.638. The molecule has 0 saturated heterocycles. The van der Waals surface area contributed by atoms with Gasteiger partial charge in [0.15, 0.2) is 4.77 Å². The van der Waals surface area contributed by atoms with E-state index in [9.17, 15) is 4.79 Å². The van der Waals surface area contributed by atoms with Gasteiger partial charge in [-0.1, -0.05) is 13.8 Å². The van der Waals surface area contributed by atoms with Crippen LogP contribution in [0.25, 0.3) is 20.4 Å². The Morgan fingerprint density at radius 3 is 2.75 bits per heavy atom. The van der Waals surface area contributed by atoms with Crippen molar-refractivity contribution in [1.29, 1.82) is 0 Å². The van der Waals surface area contributed by atoms with Gasteiger partial charge in [-0.25, -0.2) is 4.98 Å². The number of H-pyrrole nitrogens is 2. The topological polar surface area (TPSA) is 70.8 Å². The van der Waals surface area contributed by atoms with E-state index >= 15 is 0 Å². The summed E-state index contributed by atoms with van der Waals surface area (Å²) in [6.07, 6.45) is 0.792. The van der Waals surface area contributed by atoms with Gasteiger partial charge in [0.05, 0.1) is 23.4 Å².